The van der Waals surface area contributed by atoms with Crippen molar-refractivity contribution in [2.24, 2.45) is 11.8 Å². The summed E-state index contributed by atoms with van der Waals surface area (Å²) in [5.74, 6) is 1.65. The van der Waals surface area contributed by atoms with E-state index in [1.807, 2.05) is 0 Å². The van der Waals surface area contributed by atoms with Crippen molar-refractivity contribution >= 4 is 5.91 Å². The lowest BCUT2D eigenvalue weighted by molar-refractivity contribution is -0.125. The molecule has 2 N–H and O–H groups in total. The fourth-order valence-corrected chi connectivity index (χ4v) is 3.82. The minimum Gasteiger partial charge on any atom is -0.352 e. The summed E-state index contributed by atoms with van der Waals surface area (Å²) in [4.78, 5) is 12.4. The Labute approximate surface area is 124 Å². The summed E-state index contributed by atoms with van der Waals surface area (Å²) >= 11 is 0. The van der Waals surface area contributed by atoms with Gasteiger partial charge < -0.3 is 10.6 Å². The largest absolute Gasteiger partial charge is 0.352 e. The second kappa shape index (κ2) is 8.02. The first kappa shape index (κ1) is 15.8. The maximum absolute atomic E-state index is 12.4. The average molecular weight is 280 g/mol. The molecule has 1 saturated carbocycles. The maximum atomic E-state index is 12.4. The highest BCUT2D eigenvalue weighted by molar-refractivity contribution is 5.82. The van der Waals surface area contributed by atoms with E-state index in [0.29, 0.717) is 12.0 Å². The van der Waals surface area contributed by atoms with Crippen LogP contribution in [0.5, 0.6) is 0 Å². The van der Waals surface area contributed by atoms with Crippen LogP contribution in [-0.4, -0.2) is 24.5 Å². The highest BCUT2D eigenvalue weighted by Crippen LogP contribution is 2.26. The third-order valence-corrected chi connectivity index (χ3v) is 5.38. The van der Waals surface area contributed by atoms with Crippen molar-refractivity contribution in [3.8, 4) is 0 Å². The molecule has 3 heteroatoms. The zero-order chi connectivity index (χ0) is 14.4. The first-order valence-corrected chi connectivity index (χ1v) is 8.74. The Hall–Kier alpha value is -0.570. The molecule has 1 aliphatic heterocycles. The average Bonchev–Trinajstić information content (AvgIpc) is 2.76. The van der Waals surface area contributed by atoms with Gasteiger partial charge in [0.2, 0.25) is 5.91 Å². The van der Waals surface area contributed by atoms with Crippen LogP contribution >= 0.6 is 0 Å². The fourth-order valence-electron chi connectivity index (χ4n) is 3.82. The molecule has 1 saturated heterocycles. The van der Waals surface area contributed by atoms with Crippen LogP contribution in [0.1, 0.15) is 71.6 Å². The third-order valence-electron chi connectivity index (χ3n) is 5.38. The zero-order valence-electron chi connectivity index (χ0n) is 13.3. The molecule has 0 aromatic carbocycles. The minimum atomic E-state index is 0.0435. The van der Waals surface area contributed by atoms with Gasteiger partial charge in [-0.05, 0) is 51.0 Å². The summed E-state index contributed by atoms with van der Waals surface area (Å²) in [6, 6.07) is 0.381. The summed E-state index contributed by atoms with van der Waals surface area (Å²) < 4.78 is 0. The van der Waals surface area contributed by atoms with Gasteiger partial charge in [-0.3, -0.25) is 4.79 Å². The van der Waals surface area contributed by atoms with Gasteiger partial charge in [-0.2, -0.15) is 0 Å². The number of nitrogens with one attached hydrogen (secondary N) is 2. The lowest BCUT2D eigenvalue weighted by Crippen LogP contribution is -2.51. The molecule has 2 aliphatic rings. The summed E-state index contributed by atoms with van der Waals surface area (Å²) in [5, 5.41) is 6.68. The van der Waals surface area contributed by atoms with E-state index in [1.165, 1.54) is 51.4 Å². The van der Waals surface area contributed by atoms with Gasteiger partial charge in [0.05, 0.1) is 6.04 Å². The number of hydrogen-bond acceptors (Lipinski definition) is 2. The molecule has 0 radical (unpaired) electrons. The molecule has 0 spiro atoms. The molecule has 3 nitrogen and oxygen atoms in total. The quantitative estimate of drug-likeness (QED) is 0.776. The van der Waals surface area contributed by atoms with E-state index in [1.54, 1.807) is 0 Å². The number of piperidine rings is 1. The Morgan fingerprint density at radius 3 is 2.55 bits per heavy atom. The topological polar surface area (TPSA) is 41.1 Å². The van der Waals surface area contributed by atoms with Gasteiger partial charge in [-0.15, -0.1) is 0 Å². The van der Waals surface area contributed by atoms with Crippen molar-refractivity contribution in [1.82, 2.24) is 10.6 Å². The molecule has 20 heavy (non-hydrogen) atoms. The maximum Gasteiger partial charge on any atom is 0.237 e. The van der Waals surface area contributed by atoms with Crippen LogP contribution in [0.2, 0.25) is 0 Å². The van der Waals surface area contributed by atoms with Crippen LogP contribution in [0.3, 0.4) is 0 Å². The Kier molecular flexibility index (Phi) is 6.34. The molecule has 2 unspecified atom stereocenters. The summed E-state index contributed by atoms with van der Waals surface area (Å²) in [6.07, 6.45) is 11.4. The lowest BCUT2D eigenvalue weighted by Gasteiger charge is -2.31. The van der Waals surface area contributed by atoms with E-state index < -0.39 is 0 Å². The van der Waals surface area contributed by atoms with Crippen LogP contribution in [0, 0.1) is 11.8 Å². The predicted octanol–water partition coefficient (Wildman–Crippen LogP) is 3.24. The molecule has 1 aliphatic carbocycles. The predicted molar refractivity (Wildman–Crippen MR) is 83.6 cm³/mol. The molecule has 116 valence electrons. The Bertz CT molecular complexity index is 297. The van der Waals surface area contributed by atoms with Crippen LogP contribution in [0.15, 0.2) is 0 Å². The highest BCUT2D eigenvalue weighted by Gasteiger charge is 2.28. The van der Waals surface area contributed by atoms with E-state index in [2.05, 4.69) is 24.5 Å². The number of rotatable bonds is 4. The van der Waals surface area contributed by atoms with E-state index in [-0.39, 0.29) is 11.9 Å². The van der Waals surface area contributed by atoms with E-state index in [0.717, 1.165) is 18.9 Å². The fraction of sp³-hybridized carbons (Fsp3) is 0.941. The monoisotopic (exact) mass is 280 g/mol. The molecule has 0 aromatic heterocycles. The van der Waals surface area contributed by atoms with Gasteiger partial charge in [-0.25, -0.2) is 0 Å². The van der Waals surface area contributed by atoms with Crippen molar-refractivity contribution in [2.45, 2.75) is 83.7 Å². The first-order valence-electron chi connectivity index (χ1n) is 8.74. The molecule has 2 rings (SSSR count). The standard InChI is InChI=1S/C17H32N2O/c1-3-14-10-11-18-16(12-14)17(20)19-13(2)15-8-6-4-5-7-9-15/h13-16,18H,3-12H2,1-2H3,(H,19,20)/t13-,14?,16?/m0/s1. The zero-order valence-corrected chi connectivity index (χ0v) is 13.3. The van der Waals surface area contributed by atoms with Gasteiger partial charge in [0.25, 0.3) is 0 Å². The van der Waals surface area contributed by atoms with E-state index in [9.17, 15) is 4.79 Å². The molecular formula is C17H32N2O. The highest BCUT2D eigenvalue weighted by atomic mass is 16.2. The molecule has 0 bridgehead atoms. The molecule has 0 aromatic rings. The molecule has 1 amide bonds. The van der Waals surface area contributed by atoms with Crippen LogP contribution in [0.4, 0.5) is 0 Å². The molecule has 1 heterocycles. The van der Waals surface area contributed by atoms with Gasteiger partial charge in [0.1, 0.15) is 0 Å². The van der Waals surface area contributed by atoms with Gasteiger partial charge in [0, 0.05) is 6.04 Å². The smallest absolute Gasteiger partial charge is 0.237 e. The van der Waals surface area contributed by atoms with E-state index >= 15 is 0 Å². The molecular weight excluding hydrogens is 248 g/mol. The Morgan fingerprint density at radius 2 is 1.90 bits per heavy atom. The van der Waals surface area contributed by atoms with Gasteiger partial charge in [0.15, 0.2) is 0 Å². The summed E-state index contributed by atoms with van der Waals surface area (Å²) in [7, 11) is 0. The number of carbonyl (C=O) groups is 1. The number of amides is 1. The van der Waals surface area contributed by atoms with Crippen LogP contribution in [-0.2, 0) is 4.79 Å². The van der Waals surface area contributed by atoms with Crippen molar-refractivity contribution < 1.29 is 4.79 Å². The molecule has 3 atom stereocenters. The lowest BCUT2D eigenvalue weighted by atomic mass is 9.89. The van der Waals surface area contributed by atoms with Gasteiger partial charge in [-0.1, -0.05) is 39.0 Å². The van der Waals surface area contributed by atoms with Crippen molar-refractivity contribution in [3.63, 3.8) is 0 Å². The number of hydrogen-bond donors (Lipinski definition) is 2. The second-order valence-corrected chi connectivity index (χ2v) is 6.85. The van der Waals surface area contributed by atoms with Crippen LogP contribution < -0.4 is 10.6 Å². The Balaban J connectivity index is 1.80. The SMILES string of the molecule is CCC1CCNC(C(=O)N[C@@H](C)C2CCCCCC2)C1. The minimum absolute atomic E-state index is 0.0435. The van der Waals surface area contributed by atoms with Crippen molar-refractivity contribution in [1.29, 1.82) is 0 Å². The van der Waals surface area contributed by atoms with Crippen molar-refractivity contribution in [2.75, 3.05) is 6.54 Å². The summed E-state index contributed by atoms with van der Waals surface area (Å²) in [5.41, 5.74) is 0. The number of carbonyl (C=O) groups excluding carboxylic acids is 1. The van der Waals surface area contributed by atoms with Crippen molar-refractivity contribution in [3.05, 3.63) is 0 Å². The van der Waals surface area contributed by atoms with Gasteiger partial charge >= 0.3 is 0 Å². The third kappa shape index (κ3) is 4.47. The first-order chi connectivity index (χ1) is 9.70. The van der Waals surface area contributed by atoms with Crippen LogP contribution in [0.25, 0.3) is 0 Å². The molecule has 2 fully saturated rings. The summed E-state index contributed by atoms with van der Waals surface area (Å²) in [6.45, 7) is 5.43. The second-order valence-electron chi connectivity index (χ2n) is 6.85. The van der Waals surface area contributed by atoms with E-state index in [4.69, 9.17) is 0 Å². The Morgan fingerprint density at radius 1 is 1.20 bits per heavy atom. The normalized spacial score (nSPS) is 30.5.